The van der Waals surface area contributed by atoms with E-state index in [9.17, 15) is 4.79 Å². The van der Waals surface area contributed by atoms with Crippen LogP contribution in [0.4, 0.5) is 5.82 Å². The van der Waals surface area contributed by atoms with E-state index in [2.05, 4.69) is 37.3 Å². The molecule has 0 aliphatic carbocycles. The number of hydrogen-bond donors (Lipinski definition) is 0. The Kier molecular flexibility index (Phi) is 5.33. The monoisotopic (exact) mass is 419 g/mol. The Morgan fingerprint density at radius 2 is 1.61 bits per heavy atom. The molecular formula is C22H25N7O2. The molecule has 2 aliphatic rings. The molecule has 2 saturated heterocycles. The second kappa shape index (κ2) is 8.43. The van der Waals surface area contributed by atoms with Crippen LogP contribution in [0.2, 0.25) is 0 Å². The van der Waals surface area contributed by atoms with E-state index < -0.39 is 5.41 Å². The molecule has 0 saturated carbocycles. The third-order valence-electron chi connectivity index (χ3n) is 6.26. The molecule has 3 aromatic rings. The Labute approximate surface area is 180 Å². The number of ether oxygens (including phenoxy) is 1. The summed E-state index contributed by atoms with van der Waals surface area (Å²) < 4.78 is 7.16. The second-order valence-corrected chi connectivity index (χ2v) is 7.93. The average molecular weight is 419 g/mol. The summed E-state index contributed by atoms with van der Waals surface area (Å²) in [4.78, 5) is 21.8. The van der Waals surface area contributed by atoms with Gasteiger partial charge < -0.3 is 14.5 Å². The zero-order chi connectivity index (χ0) is 21.1. The number of benzene rings is 1. The molecule has 0 radical (unpaired) electrons. The molecule has 1 amide bonds. The van der Waals surface area contributed by atoms with Crippen LogP contribution in [0.25, 0.3) is 5.82 Å². The Morgan fingerprint density at radius 1 is 0.903 bits per heavy atom. The van der Waals surface area contributed by atoms with Crippen LogP contribution in [0.1, 0.15) is 18.4 Å². The molecule has 31 heavy (non-hydrogen) atoms. The van der Waals surface area contributed by atoms with Gasteiger partial charge in [0.15, 0.2) is 11.6 Å². The number of rotatable bonds is 4. The van der Waals surface area contributed by atoms with Crippen molar-refractivity contribution in [1.29, 1.82) is 0 Å². The number of hydrogen-bond acceptors (Lipinski definition) is 7. The van der Waals surface area contributed by atoms with Gasteiger partial charge in [-0.25, -0.2) is 9.67 Å². The number of carbonyl (C=O) groups is 1. The summed E-state index contributed by atoms with van der Waals surface area (Å²) >= 11 is 0. The highest BCUT2D eigenvalue weighted by atomic mass is 16.5. The highest BCUT2D eigenvalue weighted by Gasteiger charge is 2.44. The third-order valence-corrected chi connectivity index (χ3v) is 6.26. The molecule has 0 unspecified atom stereocenters. The highest BCUT2D eigenvalue weighted by Crippen LogP contribution is 2.37. The summed E-state index contributed by atoms with van der Waals surface area (Å²) in [5.41, 5.74) is 0.612. The van der Waals surface area contributed by atoms with Crippen LogP contribution < -0.4 is 4.90 Å². The van der Waals surface area contributed by atoms with Crippen molar-refractivity contribution in [2.24, 2.45) is 0 Å². The summed E-state index contributed by atoms with van der Waals surface area (Å²) in [6.45, 7) is 4.03. The van der Waals surface area contributed by atoms with Crippen molar-refractivity contribution >= 4 is 11.7 Å². The molecule has 0 spiro atoms. The Hall–Kier alpha value is -3.33. The third kappa shape index (κ3) is 3.76. The van der Waals surface area contributed by atoms with Gasteiger partial charge in [-0.2, -0.15) is 5.10 Å². The first kappa shape index (κ1) is 19.6. The van der Waals surface area contributed by atoms with E-state index in [4.69, 9.17) is 4.74 Å². The number of amides is 1. The number of anilines is 1. The van der Waals surface area contributed by atoms with Crippen molar-refractivity contribution in [3.8, 4) is 5.82 Å². The average Bonchev–Trinajstić information content (AvgIpc) is 3.40. The molecule has 9 nitrogen and oxygen atoms in total. The summed E-state index contributed by atoms with van der Waals surface area (Å²) in [5.74, 6) is 1.65. The van der Waals surface area contributed by atoms with E-state index in [1.807, 2.05) is 35.2 Å². The maximum absolute atomic E-state index is 13.7. The van der Waals surface area contributed by atoms with Crippen LogP contribution in [-0.2, 0) is 14.9 Å². The molecule has 5 rings (SSSR count). The van der Waals surface area contributed by atoms with Gasteiger partial charge in [-0.15, -0.1) is 10.2 Å². The fourth-order valence-electron chi connectivity index (χ4n) is 4.48. The van der Waals surface area contributed by atoms with Crippen LogP contribution in [0.15, 0.2) is 55.1 Å². The first-order chi connectivity index (χ1) is 15.3. The van der Waals surface area contributed by atoms with Crippen LogP contribution in [0.3, 0.4) is 0 Å². The fraction of sp³-hybridized carbons (Fsp3) is 0.409. The minimum atomic E-state index is -0.485. The number of piperazine rings is 1. The number of aromatic nitrogens is 5. The van der Waals surface area contributed by atoms with Crippen molar-refractivity contribution < 1.29 is 9.53 Å². The molecule has 0 N–H and O–H groups in total. The quantitative estimate of drug-likeness (QED) is 0.632. The highest BCUT2D eigenvalue weighted by molar-refractivity contribution is 5.88. The van der Waals surface area contributed by atoms with E-state index in [-0.39, 0.29) is 5.91 Å². The van der Waals surface area contributed by atoms with E-state index in [1.54, 1.807) is 11.0 Å². The first-order valence-electron chi connectivity index (χ1n) is 10.6. The van der Waals surface area contributed by atoms with Gasteiger partial charge >= 0.3 is 0 Å². The molecule has 0 atom stereocenters. The lowest BCUT2D eigenvalue weighted by atomic mass is 9.73. The molecule has 9 heteroatoms. The second-order valence-electron chi connectivity index (χ2n) is 7.93. The maximum atomic E-state index is 13.7. The molecule has 2 aromatic heterocycles. The van der Waals surface area contributed by atoms with Crippen LogP contribution in [0, 0.1) is 0 Å². The maximum Gasteiger partial charge on any atom is 0.233 e. The molecule has 4 heterocycles. The standard InChI is InChI=1S/C22H25N7O2/c30-21(22(8-14-31-15-9-22)18-4-2-1-3-5-18)28-12-10-27(11-13-28)19-6-7-20(26-25-19)29-17-23-16-24-29/h1-7,16-17H,8-15H2. The van der Waals surface area contributed by atoms with Crippen molar-refractivity contribution in [1.82, 2.24) is 29.9 Å². The van der Waals surface area contributed by atoms with Gasteiger partial charge in [0.05, 0.1) is 5.41 Å². The smallest absolute Gasteiger partial charge is 0.233 e. The van der Waals surface area contributed by atoms with Gasteiger partial charge in [0.25, 0.3) is 0 Å². The molecule has 0 bridgehead atoms. The molecule has 2 aliphatic heterocycles. The van der Waals surface area contributed by atoms with Gasteiger partial charge in [0.1, 0.15) is 12.7 Å². The van der Waals surface area contributed by atoms with Crippen LogP contribution in [0.5, 0.6) is 0 Å². The van der Waals surface area contributed by atoms with Crippen molar-refractivity contribution in [2.75, 3.05) is 44.3 Å². The summed E-state index contributed by atoms with van der Waals surface area (Å²) in [6.07, 6.45) is 4.51. The predicted octanol–water partition coefficient (Wildman–Crippen LogP) is 1.45. The SMILES string of the molecule is O=C(N1CCN(c2ccc(-n3cncn3)nn2)CC1)C1(c2ccccc2)CCOCC1. The topological polar surface area (TPSA) is 89.3 Å². The minimum Gasteiger partial charge on any atom is -0.381 e. The van der Waals surface area contributed by atoms with Crippen LogP contribution >= 0.6 is 0 Å². The Morgan fingerprint density at radius 3 is 2.26 bits per heavy atom. The Balaban J connectivity index is 1.28. The largest absolute Gasteiger partial charge is 0.381 e. The molecule has 1 aromatic carbocycles. The van der Waals surface area contributed by atoms with Crippen LogP contribution in [-0.4, -0.2) is 75.2 Å². The van der Waals surface area contributed by atoms with Gasteiger partial charge in [0.2, 0.25) is 5.91 Å². The Bertz CT molecular complexity index is 994. The summed E-state index contributed by atoms with van der Waals surface area (Å²) in [5, 5.41) is 12.7. The fourth-order valence-corrected chi connectivity index (χ4v) is 4.48. The van der Waals surface area contributed by atoms with Gasteiger partial charge in [-0.05, 0) is 30.5 Å². The first-order valence-corrected chi connectivity index (χ1v) is 10.6. The summed E-state index contributed by atoms with van der Waals surface area (Å²) in [6, 6.07) is 14.0. The van der Waals surface area contributed by atoms with Gasteiger partial charge in [0, 0.05) is 39.4 Å². The van der Waals surface area contributed by atoms with Crippen molar-refractivity contribution in [2.45, 2.75) is 18.3 Å². The zero-order valence-corrected chi connectivity index (χ0v) is 17.3. The van der Waals surface area contributed by atoms with E-state index in [0.717, 1.165) is 37.3 Å². The van der Waals surface area contributed by atoms with Crippen molar-refractivity contribution in [3.63, 3.8) is 0 Å². The zero-order valence-electron chi connectivity index (χ0n) is 17.3. The van der Waals surface area contributed by atoms with E-state index >= 15 is 0 Å². The molecule has 2 fully saturated rings. The number of nitrogens with zero attached hydrogens (tertiary/aromatic N) is 7. The van der Waals surface area contributed by atoms with Crippen molar-refractivity contribution in [3.05, 3.63) is 60.7 Å². The van der Waals surface area contributed by atoms with E-state index in [0.29, 0.717) is 32.1 Å². The van der Waals surface area contributed by atoms with Gasteiger partial charge in [-0.3, -0.25) is 4.79 Å². The summed E-state index contributed by atoms with van der Waals surface area (Å²) in [7, 11) is 0. The normalized spacial score (nSPS) is 18.7. The lowest BCUT2D eigenvalue weighted by Gasteiger charge is -2.43. The van der Waals surface area contributed by atoms with E-state index in [1.165, 1.54) is 6.33 Å². The molecule has 160 valence electrons. The lowest BCUT2D eigenvalue weighted by Crippen LogP contribution is -2.56. The molecular weight excluding hydrogens is 394 g/mol. The van der Waals surface area contributed by atoms with Gasteiger partial charge in [-0.1, -0.05) is 30.3 Å². The predicted molar refractivity (Wildman–Crippen MR) is 114 cm³/mol. The minimum absolute atomic E-state index is 0.217. The number of carbonyl (C=O) groups excluding carboxylic acids is 1. The lowest BCUT2D eigenvalue weighted by molar-refractivity contribution is -0.141.